The van der Waals surface area contributed by atoms with Gasteiger partial charge in [-0.25, -0.2) is 0 Å². The first-order valence-electron chi connectivity index (χ1n) is 8.02. The molecule has 0 aromatic rings. The molecule has 2 saturated carbocycles. The monoisotopic (exact) mass is 294 g/mol. The Morgan fingerprint density at radius 2 is 2.05 bits per heavy atom. The maximum atomic E-state index is 12.2. The second kappa shape index (κ2) is 5.90. The van der Waals surface area contributed by atoms with Crippen molar-refractivity contribution in [1.82, 2.24) is 0 Å². The van der Waals surface area contributed by atoms with Crippen molar-refractivity contribution in [1.29, 1.82) is 0 Å². The number of Topliss-reactive ketones (excluding diaryl/α,β-unsaturated/α-hetero) is 2. The van der Waals surface area contributed by atoms with E-state index in [-0.39, 0.29) is 41.2 Å². The molecular formula is C17H26O4. The Hall–Kier alpha value is -1.19. The van der Waals surface area contributed by atoms with E-state index in [4.69, 9.17) is 5.11 Å². The van der Waals surface area contributed by atoms with Crippen LogP contribution in [0.2, 0.25) is 0 Å². The summed E-state index contributed by atoms with van der Waals surface area (Å²) in [4.78, 5) is 34.8. The van der Waals surface area contributed by atoms with Crippen LogP contribution in [0.15, 0.2) is 0 Å². The lowest BCUT2D eigenvalue weighted by atomic mass is 9.58. The van der Waals surface area contributed by atoms with Gasteiger partial charge in [-0.1, -0.05) is 13.8 Å². The molecule has 2 fully saturated rings. The van der Waals surface area contributed by atoms with Gasteiger partial charge >= 0.3 is 5.97 Å². The third-order valence-corrected chi connectivity index (χ3v) is 6.21. The van der Waals surface area contributed by atoms with E-state index < -0.39 is 5.97 Å². The van der Waals surface area contributed by atoms with Gasteiger partial charge in [0.1, 0.15) is 11.6 Å². The van der Waals surface area contributed by atoms with E-state index >= 15 is 0 Å². The number of carboxylic acid groups (broad SMARTS) is 1. The minimum Gasteiger partial charge on any atom is -0.481 e. The number of ketones is 2. The zero-order valence-electron chi connectivity index (χ0n) is 13.2. The van der Waals surface area contributed by atoms with Crippen LogP contribution in [0.3, 0.4) is 0 Å². The van der Waals surface area contributed by atoms with Crippen molar-refractivity contribution in [3.05, 3.63) is 0 Å². The van der Waals surface area contributed by atoms with Gasteiger partial charge in [-0.15, -0.1) is 0 Å². The van der Waals surface area contributed by atoms with Crippen LogP contribution in [0, 0.1) is 29.1 Å². The third kappa shape index (κ3) is 2.90. The molecule has 0 aliphatic heterocycles. The lowest BCUT2D eigenvalue weighted by Gasteiger charge is -2.45. The minimum absolute atomic E-state index is 0.0160. The van der Waals surface area contributed by atoms with Gasteiger partial charge in [0.25, 0.3) is 0 Å². The van der Waals surface area contributed by atoms with Crippen molar-refractivity contribution < 1.29 is 19.5 Å². The second-order valence-electron chi connectivity index (χ2n) is 7.20. The van der Waals surface area contributed by atoms with Crippen molar-refractivity contribution in [2.24, 2.45) is 29.1 Å². The molecule has 0 aromatic carbocycles. The highest BCUT2D eigenvalue weighted by molar-refractivity contribution is 5.83. The summed E-state index contributed by atoms with van der Waals surface area (Å²) in [6.07, 6.45) is 3.85. The first-order chi connectivity index (χ1) is 9.77. The van der Waals surface area contributed by atoms with Gasteiger partial charge in [0, 0.05) is 24.7 Å². The number of carboxylic acids is 1. The highest BCUT2D eigenvalue weighted by atomic mass is 16.4. The minimum atomic E-state index is -0.832. The molecule has 4 heteroatoms. The molecule has 0 bridgehead atoms. The summed E-state index contributed by atoms with van der Waals surface area (Å²) in [6, 6.07) is 0. The van der Waals surface area contributed by atoms with E-state index in [1.165, 1.54) is 0 Å². The molecular weight excluding hydrogens is 268 g/mol. The number of carbonyl (C=O) groups is 3. The summed E-state index contributed by atoms with van der Waals surface area (Å²) in [5, 5.41) is 8.89. The Morgan fingerprint density at radius 3 is 2.62 bits per heavy atom. The number of fused-ring (bicyclic) bond motifs is 1. The van der Waals surface area contributed by atoms with Gasteiger partial charge < -0.3 is 5.11 Å². The van der Waals surface area contributed by atoms with E-state index in [2.05, 4.69) is 6.92 Å². The van der Waals surface area contributed by atoms with Crippen molar-refractivity contribution in [3.63, 3.8) is 0 Å². The molecule has 0 spiro atoms. The quantitative estimate of drug-likeness (QED) is 0.845. The fourth-order valence-corrected chi connectivity index (χ4v) is 4.87. The van der Waals surface area contributed by atoms with Crippen LogP contribution in [0.25, 0.3) is 0 Å². The van der Waals surface area contributed by atoms with Crippen LogP contribution in [0.1, 0.15) is 59.3 Å². The van der Waals surface area contributed by atoms with Crippen molar-refractivity contribution in [2.45, 2.75) is 59.3 Å². The predicted molar refractivity (Wildman–Crippen MR) is 78.8 cm³/mol. The van der Waals surface area contributed by atoms with Crippen LogP contribution < -0.4 is 0 Å². The molecule has 0 heterocycles. The lowest BCUT2D eigenvalue weighted by Crippen LogP contribution is -2.44. The van der Waals surface area contributed by atoms with Gasteiger partial charge in [0.2, 0.25) is 0 Å². The molecule has 5 unspecified atom stereocenters. The fraction of sp³-hybridized carbons (Fsp3) is 0.824. The molecule has 5 atom stereocenters. The van der Waals surface area contributed by atoms with E-state index in [0.29, 0.717) is 18.8 Å². The molecule has 0 aromatic heterocycles. The van der Waals surface area contributed by atoms with Crippen molar-refractivity contribution >= 4 is 17.5 Å². The zero-order chi connectivity index (χ0) is 15.8. The summed E-state index contributed by atoms with van der Waals surface area (Å²) in [5.41, 5.74) is 0.0160. The number of rotatable bonds is 5. The third-order valence-electron chi connectivity index (χ3n) is 6.21. The van der Waals surface area contributed by atoms with Crippen LogP contribution in [-0.4, -0.2) is 22.6 Å². The molecule has 2 aliphatic rings. The smallest absolute Gasteiger partial charge is 0.303 e. The molecule has 0 saturated heterocycles. The van der Waals surface area contributed by atoms with E-state index in [1.54, 1.807) is 6.92 Å². The molecule has 118 valence electrons. The summed E-state index contributed by atoms with van der Waals surface area (Å²) in [6.45, 7) is 5.87. The summed E-state index contributed by atoms with van der Waals surface area (Å²) < 4.78 is 0. The summed E-state index contributed by atoms with van der Waals surface area (Å²) in [7, 11) is 0. The second-order valence-corrected chi connectivity index (χ2v) is 7.20. The molecule has 1 N–H and O–H groups in total. The average Bonchev–Trinajstić information content (AvgIpc) is 2.74. The highest BCUT2D eigenvalue weighted by Crippen LogP contribution is 2.59. The van der Waals surface area contributed by atoms with Crippen LogP contribution >= 0.6 is 0 Å². The number of hydrogen-bond acceptors (Lipinski definition) is 3. The van der Waals surface area contributed by atoms with E-state index in [1.807, 2.05) is 6.92 Å². The normalized spacial score (nSPS) is 37.1. The van der Waals surface area contributed by atoms with E-state index in [0.717, 1.165) is 19.3 Å². The lowest BCUT2D eigenvalue weighted by molar-refractivity contribution is -0.139. The number of aliphatic carboxylic acids is 1. The number of carbonyl (C=O) groups excluding carboxylic acids is 2. The molecule has 2 rings (SSSR count). The maximum absolute atomic E-state index is 12.2. The van der Waals surface area contributed by atoms with Gasteiger partial charge in [-0.3, -0.25) is 14.4 Å². The Labute approximate surface area is 126 Å². The Bertz CT molecular complexity index is 456. The first-order valence-corrected chi connectivity index (χ1v) is 8.02. The standard InChI is InChI=1S/C17H26O4/c1-10(11(2)18)13-5-6-14-12(4-7-16(20)21)15(19)8-9-17(13,14)3/h10,12-14H,4-9H2,1-3H3,(H,20,21). The van der Waals surface area contributed by atoms with Gasteiger partial charge in [0.15, 0.2) is 0 Å². The Morgan fingerprint density at radius 1 is 1.38 bits per heavy atom. The SMILES string of the molecule is CC(=O)C(C)C1CCC2C(CCC(=O)O)C(=O)CCC12C. The molecule has 21 heavy (non-hydrogen) atoms. The highest BCUT2D eigenvalue weighted by Gasteiger charge is 2.55. The molecule has 0 radical (unpaired) electrons. The Balaban J connectivity index is 2.20. The summed E-state index contributed by atoms with van der Waals surface area (Å²) in [5.74, 6) is 0.125. The molecule has 2 aliphatic carbocycles. The average molecular weight is 294 g/mol. The topological polar surface area (TPSA) is 71.4 Å². The zero-order valence-corrected chi connectivity index (χ0v) is 13.2. The van der Waals surface area contributed by atoms with Crippen molar-refractivity contribution in [3.8, 4) is 0 Å². The molecule has 0 amide bonds. The van der Waals surface area contributed by atoms with Crippen LogP contribution in [-0.2, 0) is 14.4 Å². The van der Waals surface area contributed by atoms with Gasteiger partial charge in [-0.05, 0) is 49.9 Å². The van der Waals surface area contributed by atoms with Crippen LogP contribution in [0.4, 0.5) is 0 Å². The maximum Gasteiger partial charge on any atom is 0.303 e. The van der Waals surface area contributed by atoms with Crippen LogP contribution in [0.5, 0.6) is 0 Å². The summed E-state index contributed by atoms with van der Waals surface area (Å²) >= 11 is 0. The first kappa shape index (κ1) is 16.2. The number of hydrogen-bond donors (Lipinski definition) is 1. The van der Waals surface area contributed by atoms with E-state index in [9.17, 15) is 14.4 Å². The fourth-order valence-electron chi connectivity index (χ4n) is 4.87. The van der Waals surface area contributed by atoms with Gasteiger partial charge in [0.05, 0.1) is 0 Å². The largest absolute Gasteiger partial charge is 0.481 e. The molecule has 4 nitrogen and oxygen atoms in total. The van der Waals surface area contributed by atoms with Crippen molar-refractivity contribution in [2.75, 3.05) is 0 Å². The van der Waals surface area contributed by atoms with Gasteiger partial charge in [-0.2, -0.15) is 0 Å². The Kier molecular flexibility index (Phi) is 4.54. The predicted octanol–water partition coefficient (Wildman–Crippen LogP) is 3.09.